The molecule has 0 aliphatic rings. The van der Waals surface area contributed by atoms with E-state index >= 15 is 0 Å². The number of rotatable bonds is 9. The van der Waals surface area contributed by atoms with Crippen molar-refractivity contribution in [3.8, 4) is 17.2 Å². The molecule has 0 aliphatic heterocycles. The zero-order chi connectivity index (χ0) is 29.7. The lowest BCUT2D eigenvalue weighted by Crippen LogP contribution is -2.29. The number of carbonyl (C=O) groups is 2. The van der Waals surface area contributed by atoms with Crippen molar-refractivity contribution in [3.05, 3.63) is 105 Å². The molecule has 4 aromatic rings. The first-order valence-electron chi connectivity index (χ1n) is 12.8. The lowest BCUT2D eigenvalue weighted by atomic mass is 10.1. The molecule has 41 heavy (non-hydrogen) atoms. The third kappa shape index (κ3) is 6.73. The number of aryl methyl sites for hydroxylation is 1. The average molecular weight is 559 g/mol. The van der Waals surface area contributed by atoms with Crippen LogP contribution in [0.1, 0.15) is 34.0 Å². The molecule has 0 radical (unpaired) electrons. The summed E-state index contributed by atoms with van der Waals surface area (Å²) in [7, 11) is 3.04. The third-order valence-electron chi connectivity index (χ3n) is 6.44. The van der Waals surface area contributed by atoms with E-state index in [0.717, 1.165) is 5.56 Å². The van der Waals surface area contributed by atoms with Crippen molar-refractivity contribution < 1.29 is 23.5 Å². The molecule has 3 N–H and O–H groups in total. The first-order valence-corrected chi connectivity index (χ1v) is 12.8. The maximum Gasteiger partial charge on any atom is 0.259 e. The molecule has 212 valence electrons. The van der Waals surface area contributed by atoms with Crippen molar-refractivity contribution in [2.24, 2.45) is 7.05 Å². The van der Waals surface area contributed by atoms with Crippen LogP contribution in [0.2, 0.25) is 0 Å². The summed E-state index contributed by atoms with van der Waals surface area (Å²) < 4.78 is 27.4. The van der Waals surface area contributed by atoms with Crippen molar-refractivity contribution in [2.45, 2.75) is 27.3 Å². The lowest BCUT2D eigenvalue weighted by molar-refractivity contribution is -0.114. The predicted molar refractivity (Wildman–Crippen MR) is 156 cm³/mol. The van der Waals surface area contributed by atoms with Crippen LogP contribution >= 0.6 is 0 Å². The molecule has 0 aliphatic carbocycles. The zero-order valence-corrected chi connectivity index (χ0v) is 23.4. The number of halogens is 1. The van der Waals surface area contributed by atoms with Gasteiger partial charge in [-0.1, -0.05) is 24.3 Å². The Hall–Kier alpha value is -5.12. The molecule has 0 spiro atoms. The van der Waals surface area contributed by atoms with Crippen molar-refractivity contribution in [3.63, 3.8) is 0 Å². The molecule has 1 aromatic heterocycles. The monoisotopic (exact) mass is 558 g/mol. The van der Waals surface area contributed by atoms with Gasteiger partial charge >= 0.3 is 0 Å². The van der Waals surface area contributed by atoms with Gasteiger partial charge in [-0.2, -0.15) is 0 Å². The highest BCUT2D eigenvalue weighted by Gasteiger charge is 2.24. The molecule has 1 heterocycles. The van der Waals surface area contributed by atoms with Gasteiger partial charge in [-0.25, -0.2) is 4.39 Å². The number of nitrogens with zero attached hydrogens (tertiary/aromatic N) is 1. The topological polar surface area (TPSA) is 111 Å². The second-order valence-corrected chi connectivity index (χ2v) is 9.48. The van der Waals surface area contributed by atoms with Gasteiger partial charge in [-0.15, -0.1) is 0 Å². The molecule has 9 nitrogen and oxygen atoms in total. The van der Waals surface area contributed by atoms with Gasteiger partial charge in [0.15, 0.2) is 0 Å². The summed E-state index contributed by atoms with van der Waals surface area (Å²) >= 11 is 0. The number of carbonyl (C=O) groups excluding carboxylic acids is 2. The van der Waals surface area contributed by atoms with Crippen LogP contribution in [0.15, 0.2) is 71.5 Å². The Labute approximate surface area is 236 Å². The largest absolute Gasteiger partial charge is 0.497 e. The highest BCUT2D eigenvalue weighted by molar-refractivity contribution is 6.02. The fraction of sp³-hybridized carbons (Fsp3) is 0.194. The first-order chi connectivity index (χ1) is 19.6. The van der Waals surface area contributed by atoms with Crippen LogP contribution in [-0.2, 0) is 18.4 Å². The van der Waals surface area contributed by atoms with E-state index in [9.17, 15) is 18.8 Å². The summed E-state index contributed by atoms with van der Waals surface area (Å²) in [6, 6.07) is 18.0. The van der Waals surface area contributed by atoms with Crippen LogP contribution in [0.5, 0.6) is 17.2 Å². The number of hydrogen-bond acceptors (Lipinski definition) is 6. The number of anilines is 3. The van der Waals surface area contributed by atoms with E-state index in [-0.39, 0.29) is 35.3 Å². The van der Waals surface area contributed by atoms with Crippen molar-refractivity contribution in [2.75, 3.05) is 17.7 Å². The van der Waals surface area contributed by atoms with Crippen LogP contribution in [0.3, 0.4) is 0 Å². The third-order valence-corrected chi connectivity index (χ3v) is 6.44. The van der Waals surface area contributed by atoms with E-state index in [1.54, 1.807) is 57.4 Å². The standard InChI is InChI=1S/C31H31FN4O5/c1-18-9-14-25(23(32)15-18)35-30-29(31(39)33-17-21-10-12-22(40-5)13-11-21)27(16-28(38)36(30)4)41-26-8-6-7-24(19(26)2)34-20(3)37/h6-16,35H,17H2,1-5H3,(H,33,39)(H,34,37). The average Bonchev–Trinajstić information content (AvgIpc) is 2.93. The molecular weight excluding hydrogens is 527 g/mol. The Morgan fingerprint density at radius 2 is 1.68 bits per heavy atom. The van der Waals surface area contributed by atoms with E-state index in [1.807, 2.05) is 12.1 Å². The van der Waals surface area contributed by atoms with Crippen LogP contribution in [0.4, 0.5) is 21.6 Å². The van der Waals surface area contributed by atoms with Gasteiger partial charge in [-0.3, -0.25) is 19.0 Å². The molecule has 2 amide bonds. The second kappa shape index (κ2) is 12.4. The number of aromatic nitrogens is 1. The van der Waals surface area contributed by atoms with Crippen LogP contribution < -0.4 is 31.0 Å². The van der Waals surface area contributed by atoms with E-state index < -0.39 is 17.3 Å². The smallest absolute Gasteiger partial charge is 0.259 e. The van der Waals surface area contributed by atoms with E-state index in [4.69, 9.17) is 9.47 Å². The molecule has 0 saturated carbocycles. The van der Waals surface area contributed by atoms with Gasteiger partial charge in [0.05, 0.1) is 12.8 Å². The number of hydrogen-bond donors (Lipinski definition) is 3. The Bertz CT molecular complexity index is 1660. The van der Waals surface area contributed by atoms with E-state index in [2.05, 4.69) is 16.0 Å². The summed E-state index contributed by atoms with van der Waals surface area (Å²) in [6.07, 6.45) is 0. The van der Waals surface area contributed by atoms with Crippen LogP contribution in [-0.4, -0.2) is 23.5 Å². The summed E-state index contributed by atoms with van der Waals surface area (Å²) in [5, 5.41) is 8.52. The first kappa shape index (κ1) is 28.9. The van der Waals surface area contributed by atoms with Crippen molar-refractivity contribution >= 4 is 29.0 Å². The number of methoxy groups -OCH3 is 1. The number of benzene rings is 3. The van der Waals surface area contributed by atoms with Gasteiger partial charge in [0.25, 0.3) is 11.5 Å². The molecule has 3 aromatic carbocycles. The van der Waals surface area contributed by atoms with Crippen LogP contribution in [0.25, 0.3) is 0 Å². The fourth-order valence-corrected chi connectivity index (χ4v) is 4.15. The summed E-state index contributed by atoms with van der Waals surface area (Å²) in [5.74, 6) is -0.372. The lowest BCUT2D eigenvalue weighted by Gasteiger charge is -2.20. The van der Waals surface area contributed by atoms with Crippen molar-refractivity contribution in [1.29, 1.82) is 0 Å². The van der Waals surface area contributed by atoms with Crippen molar-refractivity contribution in [1.82, 2.24) is 9.88 Å². The van der Waals surface area contributed by atoms with Gasteiger partial charge in [0, 0.05) is 37.8 Å². The van der Waals surface area contributed by atoms with Gasteiger partial charge < -0.3 is 25.4 Å². The fourth-order valence-electron chi connectivity index (χ4n) is 4.15. The van der Waals surface area contributed by atoms with Gasteiger partial charge in [0.2, 0.25) is 5.91 Å². The van der Waals surface area contributed by atoms with Crippen LogP contribution in [0, 0.1) is 19.7 Å². The molecule has 10 heteroatoms. The number of amides is 2. The molecule has 0 fully saturated rings. The second-order valence-electron chi connectivity index (χ2n) is 9.48. The Morgan fingerprint density at radius 3 is 2.34 bits per heavy atom. The highest BCUT2D eigenvalue weighted by Crippen LogP contribution is 2.35. The number of pyridine rings is 1. The number of ether oxygens (including phenoxy) is 2. The predicted octanol–water partition coefficient (Wildman–Crippen LogP) is 5.57. The summed E-state index contributed by atoms with van der Waals surface area (Å²) in [5.41, 5.74) is 2.21. The SMILES string of the molecule is COc1ccc(CNC(=O)c2c(Oc3cccc(NC(C)=O)c3C)cc(=O)n(C)c2Nc2ccc(C)cc2F)cc1. The Kier molecular flexibility index (Phi) is 8.72. The molecule has 4 rings (SSSR count). The van der Waals surface area contributed by atoms with E-state index in [1.165, 1.54) is 36.7 Å². The molecule has 0 atom stereocenters. The minimum atomic E-state index is -0.558. The zero-order valence-electron chi connectivity index (χ0n) is 23.4. The molecule has 0 bridgehead atoms. The molecule has 0 unspecified atom stereocenters. The minimum absolute atomic E-state index is 0.00934. The summed E-state index contributed by atoms with van der Waals surface area (Å²) in [4.78, 5) is 38.4. The Morgan fingerprint density at radius 1 is 0.951 bits per heavy atom. The quantitative estimate of drug-likeness (QED) is 0.248. The van der Waals surface area contributed by atoms with Gasteiger partial charge in [-0.05, 0) is 61.4 Å². The maximum absolute atomic E-state index is 14.9. The summed E-state index contributed by atoms with van der Waals surface area (Å²) in [6.45, 7) is 5.06. The molecule has 0 saturated heterocycles. The molecular formula is C31H31FN4O5. The highest BCUT2D eigenvalue weighted by atomic mass is 19.1. The maximum atomic E-state index is 14.9. The van der Waals surface area contributed by atoms with E-state index in [0.29, 0.717) is 28.3 Å². The minimum Gasteiger partial charge on any atom is -0.497 e. The number of nitrogens with one attached hydrogen (secondary N) is 3. The van der Waals surface area contributed by atoms with Gasteiger partial charge in [0.1, 0.15) is 34.4 Å². The normalized spacial score (nSPS) is 10.6. The Balaban J connectivity index is 1.79.